The van der Waals surface area contributed by atoms with Crippen molar-refractivity contribution in [1.29, 1.82) is 0 Å². The third kappa shape index (κ3) is 4.20. The van der Waals surface area contributed by atoms with Crippen molar-refractivity contribution >= 4 is 21.8 Å². The second-order valence-corrected chi connectivity index (χ2v) is 7.16. The van der Waals surface area contributed by atoms with E-state index in [1.165, 1.54) is 18.6 Å². The summed E-state index contributed by atoms with van der Waals surface area (Å²) in [6.45, 7) is 0.496. The van der Waals surface area contributed by atoms with Crippen molar-refractivity contribution < 1.29 is 9.18 Å². The van der Waals surface area contributed by atoms with Gasteiger partial charge in [-0.15, -0.1) is 0 Å². The first-order valence-corrected chi connectivity index (χ1v) is 9.09. The standard InChI is InChI=1S/C19H20BrFN2O/c20-16-10-15(11-22-12-16)19(24)23(18-4-2-1-3-5-18)13-14-6-8-17(21)9-7-14/h6-12,18H,1-5,13H2. The molecule has 1 saturated carbocycles. The monoisotopic (exact) mass is 390 g/mol. The number of rotatable bonds is 4. The number of carbonyl (C=O) groups is 1. The van der Waals surface area contributed by atoms with Gasteiger partial charge in [0.15, 0.2) is 0 Å². The lowest BCUT2D eigenvalue weighted by Gasteiger charge is -2.34. The number of hydrogen-bond donors (Lipinski definition) is 0. The highest BCUT2D eigenvalue weighted by Gasteiger charge is 2.26. The third-order valence-electron chi connectivity index (χ3n) is 4.49. The average molecular weight is 391 g/mol. The number of hydrogen-bond acceptors (Lipinski definition) is 2. The van der Waals surface area contributed by atoms with Crippen LogP contribution in [0.2, 0.25) is 0 Å². The number of aromatic nitrogens is 1. The molecule has 1 aromatic heterocycles. The van der Waals surface area contributed by atoms with E-state index < -0.39 is 0 Å². The van der Waals surface area contributed by atoms with Crippen molar-refractivity contribution in [2.45, 2.75) is 44.7 Å². The second-order valence-electron chi connectivity index (χ2n) is 6.24. The number of halogens is 2. The van der Waals surface area contributed by atoms with E-state index in [0.29, 0.717) is 12.1 Å². The molecule has 1 fully saturated rings. The molecule has 0 saturated heterocycles. The van der Waals surface area contributed by atoms with Crippen molar-refractivity contribution in [3.05, 3.63) is 64.1 Å². The van der Waals surface area contributed by atoms with E-state index in [2.05, 4.69) is 20.9 Å². The topological polar surface area (TPSA) is 33.2 Å². The van der Waals surface area contributed by atoms with Gasteiger partial charge in [-0.2, -0.15) is 0 Å². The minimum absolute atomic E-state index is 0.0139. The fourth-order valence-corrected chi connectivity index (χ4v) is 3.61. The molecule has 5 heteroatoms. The number of benzene rings is 1. The summed E-state index contributed by atoms with van der Waals surface area (Å²) in [5.74, 6) is -0.273. The van der Waals surface area contributed by atoms with E-state index in [9.17, 15) is 9.18 Å². The van der Waals surface area contributed by atoms with Crippen LogP contribution in [-0.4, -0.2) is 21.8 Å². The van der Waals surface area contributed by atoms with Gasteiger partial charge in [0.25, 0.3) is 5.91 Å². The average Bonchev–Trinajstić information content (AvgIpc) is 2.61. The molecule has 0 bridgehead atoms. The molecule has 0 spiro atoms. The van der Waals surface area contributed by atoms with Crippen LogP contribution in [-0.2, 0) is 6.54 Å². The van der Waals surface area contributed by atoms with Crippen molar-refractivity contribution in [3.8, 4) is 0 Å². The van der Waals surface area contributed by atoms with Crippen LogP contribution in [0.5, 0.6) is 0 Å². The molecule has 0 radical (unpaired) electrons. The Labute approximate surface area is 150 Å². The van der Waals surface area contributed by atoms with Gasteiger partial charge in [0.1, 0.15) is 5.82 Å². The van der Waals surface area contributed by atoms with Gasteiger partial charge < -0.3 is 4.90 Å². The maximum atomic E-state index is 13.2. The molecule has 0 atom stereocenters. The molecule has 1 aliphatic carbocycles. The Balaban J connectivity index is 1.86. The fraction of sp³-hybridized carbons (Fsp3) is 0.368. The molecular weight excluding hydrogens is 371 g/mol. The van der Waals surface area contributed by atoms with Crippen LogP contribution in [0.1, 0.15) is 48.0 Å². The van der Waals surface area contributed by atoms with Gasteiger partial charge in [-0.05, 0) is 52.5 Å². The first-order chi connectivity index (χ1) is 11.6. The van der Waals surface area contributed by atoms with E-state index in [4.69, 9.17) is 0 Å². The molecule has 0 unspecified atom stereocenters. The Hall–Kier alpha value is -1.75. The Morgan fingerprint density at radius 3 is 2.54 bits per heavy atom. The van der Waals surface area contributed by atoms with Crippen molar-refractivity contribution in [2.24, 2.45) is 0 Å². The van der Waals surface area contributed by atoms with Gasteiger partial charge in [0.05, 0.1) is 5.56 Å². The van der Waals surface area contributed by atoms with Gasteiger partial charge in [-0.3, -0.25) is 9.78 Å². The maximum absolute atomic E-state index is 13.2. The summed E-state index contributed by atoms with van der Waals surface area (Å²) in [4.78, 5) is 19.1. The van der Waals surface area contributed by atoms with Gasteiger partial charge in [0.2, 0.25) is 0 Å². The minimum Gasteiger partial charge on any atom is -0.331 e. The lowest BCUT2D eigenvalue weighted by Crippen LogP contribution is -2.41. The largest absolute Gasteiger partial charge is 0.331 e. The molecule has 3 rings (SSSR count). The molecule has 1 aromatic carbocycles. The molecule has 126 valence electrons. The summed E-state index contributed by atoms with van der Waals surface area (Å²) in [7, 11) is 0. The Morgan fingerprint density at radius 2 is 1.88 bits per heavy atom. The van der Waals surface area contributed by atoms with Gasteiger partial charge >= 0.3 is 0 Å². The highest BCUT2D eigenvalue weighted by molar-refractivity contribution is 9.10. The van der Waals surface area contributed by atoms with Crippen LogP contribution in [0.4, 0.5) is 4.39 Å². The van der Waals surface area contributed by atoms with E-state index in [1.807, 2.05) is 4.90 Å². The zero-order valence-electron chi connectivity index (χ0n) is 13.4. The van der Waals surface area contributed by atoms with Gasteiger partial charge in [-0.1, -0.05) is 31.4 Å². The number of nitrogens with zero attached hydrogens (tertiary/aromatic N) is 2. The normalized spacial score (nSPS) is 15.2. The summed E-state index contributed by atoms with van der Waals surface area (Å²) in [5, 5.41) is 0. The van der Waals surface area contributed by atoms with Crippen LogP contribution in [0, 0.1) is 5.82 Å². The molecule has 0 aliphatic heterocycles. The summed E-state index contributed by atoms with van der Waals surface area (Å²) in [5.41, 5.74) is 1.52. The Kier molecular flexibility index (Phi) is 5.61. The summed E-state index contributed by atoms with van der Waals surface area (Å²) in [6, 6.07) is 8.42. The molecule has 24 heavy (non-hydrogen) atoms. The first kappa shape index (κ1) is 17.1. The smallest absolute Gasteiger partial charge is 0.256 e. The predicted molar refractivity (Wildman–Crippen MR) is 95.1 cm³/mol. The number of pyridine rings is 1. The summed E-state index contributed by atoms with van der Waals surface area (Å²) < 4.78 is 13.9. The zero-order chi connectivity index (χ0) is 16.9. The zero-order valence-corrected chi connectivity index (χ0v) is 15.0. The molecule has 1 amide bonds. The molecule has 0 N–H and O–H groups in total. The van der Waals surface area contributed by atoms with E-state index in [1.54, 1.807) is 30.6 Å². The van der Waals surface area contributed by atoms with Crippen molar-refractivity contribution in [1.82, 2.24) is 9.88 Å². The van der Waals surface area contributed by atoms with E-state index in [0.717, 1.165) is 35.7 Å². The molecule has 2 aromatic rings. The van der Waals surface area contributed by atoms with Crippen molar-refractivity contribution in [2.75, 3.05) is 0 Å². The SMILES string of the molecule is O=C(c1cncc(Br)c1)N(Cc1ccc(F)cc1)C1CCCCC1. The lowest BCUT2D eigenvalue weighted by atomic mass is 9.93. The maximum Gasteiger partial charge on any atom is 0.256 e. The second kappa shape index (κ2) is 7.88. The summed E-state index contributed by atoms with van der Waals surface area (Å²) in [6.07, 6.45) is 8.84. The van der Waals surface area contributed by atoms with Crippen LogP contribution in [0.15, 0.2) is 47.2 Å². The van der Waals surface area contributed by atoms with E-state index >= 15 is 0 Å². The highest BCUT2D eigenvalue weighted by atomic mass is 79.9. The van der Waals surface area contributed by atoms with Crippen LogP contribution < -0.4 is 0 Å². The highest BCUT2D eigenvalue weighted by Crippen LogP contribution is 2.26. The number of carbonyl (C=O) groups excluding carboxylic acids is 1. The Bertz CT molecular complexity index is 699. The van der Waals surface area contributed by atoms with Crippen LogP contribution >= 0.6 is 15.9 Å². The lowest BCUT2D eigenvalue weighted by molar-refractivity contribution is 0.0613. The minimum atomic E-state index is -0.259. The Morgan fingerprint density at radius 1 is 1.17 bits per heavy atom. The molecule has 1 heterocycles. The summed E-state index contributed by atoms with van der Waals surface area (Å²) >= 11 is 3.38. The molecule has 1 aliphatic rings. The number of amides is 1. The van der Waals surface area contributed by atoms with Gasteiger partial charge in [-0.25, -0.2) is 4.39 Å². The van der Waals surface area contributed by atoms with Crippen molar-refractivity contribution in [3.63, 3.8) is 0 Å². The van der Waals surface area contributed by atoms with Crippen LogP contribution in [0.3, 0.4) is 0 Å². The van der Waals surface area contributed by atoms with E-state index in [-0.39, 0.29) is 17.8 Å². The van der Waals surface area contributed by atoms with Crippen LogP contribution in [0.25, 0.3) is 0 Å². The van der Waals surface area contributed by atoms with Gasteiger partial charge in [0, 0.05) is 29.5 Å². The quantitative estimate of drug-likeness (QED) is 0.738. The fourth-order valence-electron chi connectivity index (χ4n) is 3.24. The molecular formula is C19H20BrFN2O. The third-order valence-corrected chi connectivity index (χ3v) is 4.93. The molecule has 3 nitrogen and oxygen atoms in total. The predicted octanol–water partition coefficient (Wildman–Crippen LogP) is 4.96. The first-order valence-electron chi connectivity index (χ1n) is 8.29.